The maximum atomic E-state index is 11.7. The first kappa shape index (κ1) is 15.1. The normalized spacial score (nSPS) is 14.6. The number of unbranched alkanes of at least 4 members (excludes halogenated alkanes) is 1. The highest BCUT2D eigenvalue weighted by molar-refractivity contribution is 5.89. The van der Waals surface area contributed by atoms with Gasteiger partial charge in [-0.1, -0.05) is 33.6 Å². The van der Waals surface area contributed by atoms with E-state index in [0.29, 0.717) is 6.42 Å². The van der Waals surface area contributed by atoms with Crippen LogP contribution in [0.2, 0.25) is 0 Å². The number of ketones is 1. The van der Waals surface area contributed by atoms with Crippen LogP contribution in [0.15, 0.2) is 0 Å². The molecule has 4 heteroatoms. The summed E-state index contributed by atoms with van der Waals surface area (Å²) < 4.78 is 0. The molecule has 0 aliphatic carbocycles. The van der Waals surface area contributed by atoms with E-state index in [0.717, 1.165) is 12.8 Å². The minimum atomic E-state index is -0.538. The quantitative estimate of drug-likeness (QED) is 0.688. The Morgan fingerprint density at radius 3 is 2.25 bits per heavy atom. The number of amides is 1. The Labute approximate surface area is 98.0 Å². The smallest absolute Gasteiger partial charge is 0.237 e. The van der Waals surface area contributed by atoms with Gasteiger partial charge in [0.05, 0.1) is 12.1 Å². The van der Waals surface area contributed by atoms with Gasteiger partial charge in [0.2, 0.25) is 5.91 Å². The van der Waals surface area contributed by atoms with Crippen LogP contribution in [0.5, 0.6) is 0 Å². The summed E-state index contributed by atoms with van der Waals surface area (Å²) in [5, 5.41) is 2.72. The Bertz CT molecular complexity index is 239. The van der Waals surface area contributed by atoms with Gasteiger partial charge in [-0.2, -0.15) is 0 Å². The first-order valence-corrected chi connectivity index (χ1v) is 5.96. The van der Waals surface area contributed by atoms with E-state index in [1.807, 2.05) is 13.8 Å². The summed E-state index contributed by atoms with van der Waals surface area (Å²) in [4.78, 5) is 23.0. The van der Waals surface area contributed by atoms with E-state index in [-0.39, 0.29) is 23.7 Å². The lowest BCUT2D eigenvalue weighted by Crippen LogP contribution is -2.49. The number of carbonyl (C=O) groups is 2. The van der Waals surface area contributed by atoms with Gasteiger partial charge >= 0.3 is 0 Å². The average Bonchev–Trinajstić information content (AvgIpc) is 2.21. The summed E-state index contributed by atoms with van der Waals surface area (Å²) in [5.74, 6) is -0.150. The number of rotatable bonds is 7. The number of nitrogens with one attached hydrogen (secondary N) is 1. The van der Waals surface area contributed by atoms with Gasteiger partial charge in [-0.3, -0.25) is 9.59 Å². The number of hydrogen-bond acceptors (Lipinski definition) is 3. The largest absolute Gasteiger partial charge is 0.345 e. The van der Waals surface area contributed by atoms with Crippen LogP contribution in [0.4, 0.5) is 0 Å². The van der Waals surface area contributed by atoms with E-state index in [4.69, 9.17) is 5.73 Å². The van der Waals surface area contributed by atoms with E-state index in [9.17, 15) is 9.59 Å². The maximum absolute atomic E-state index is 11.7. The lowest BCUT2D eigenvalue weighted by Gasteiger charge is -2.20. The molecule has 0 saturated heterocycles. The molecule has 16 heavy (non-hydrogen) atoms. The van der Waals surface area contributed by atoms with Crippen LogP contribution in [0.25, 0.3) is 0 Å². The summed E-state index contributed by atoms with van der Waals surface area (Å²) in [5.41, 5.74) is 5.71. The van der Waals surface area contributed by atoms with Gasteiger partial charge in [-0.05, 0) is 19.3 Å². The SMILES string of the molecule is CCCCC(NC(=O)C(N)C(C)C)C(C)=O. The molecule has 0 aliphatic heterocycles. The summed E-state index contributed by atoms with van der Waals surface area (Å²) in [7, 11) is 0. The molecule has 0 heterocycles. The van der Waals surface area contributed by atoms with Crippen molar-refractivity contribution < 1.29 is 9.59 Å². The van der Waals surface area contributed by atoms with E-state index >= 15 is 0 Å². The van der Waals surface area contributed by atoms with Crippen LogP contribution in [-0.4, -0.2) is 23.8 Å². The van der Waals surface area contributed by atoms with Crippen molar-refractivity contribution in [2.45, 2.75) is 59.0 Å². The highest BCUT2D eigenvalue weighted by Crippen LogP contribution is 2.04. The summed E-state index contributed by atoms with van der Waals surface area (Å²) in [6.07, 6.45) is 2.64. The van der Waals surface area contributed by atoms with Gasteiger partial charge in [0, 0.05) is 0 Å². The molecule has 0 aromatic heterocycles. The van der Waals surface area contributed by atoms with Crippen molar-refractivity contribution in [3.63, 3.8) is 0 Å². The number of hydrogen-bond donors (Lipinski definition) is 2. The highest BCUT2D eigenvalue weighted by Gasteiger charge is 2.22. The van der Waals surface area contributed by atoms with Gasteiger partial charge in [0.1, 0.15) is 0 Å². The molecule has 0 bridgehead atoms. The topological polar surface area (TPSA) is 72.2 Å². The Kier molecular flexibility index (Phi) is 6.97. The van der Waals surface area contributed by atoms with Gasteiger partial charge < -0.3 is 11.1 Å². The predicted molar refractivity (Wildman–Crippen MR) is 65.0 cm³/mol. The van der Waals surface area contributed by atoms with Crippen LogP contribution < -0.4 is 11.1 Å². The molecule has 3 N–H and O–H groups in total. The number of carbonyl (C=O) groups excluding carboxylic acids is 2. The van der Waals surface area contributed by atoms with Crippen molar-refractivity contribution in [1.82, 2.24) is 5.32 Å². The zero-order valence-corrected chi connectivity index (χ0v) is 10.7. The van der Waals surface area contributed by atoms with E-state index in [2.05, 4.69) is 12.2 Å². The fourth-order valence-corrected chi connectivity index (χ4v) is 1.36. The number of nitrogens with two attached hydrogens (primary N) is 1. The van der Waals surface area contributed by atoms with Crippen molar-refractivity contribution in [2.24, 2.45) is 11.7 Å². The summed E-state index contributed by atoms with van der Waals surface area (Å²) in [6.45, 7) is 7.33. The first-order chi connectivity index (χ1) is 7.40. The Morgan fingerprint density at radius 1 is 1.31 bits per heavy atom. The van der Waals surface area contributed by atoms with Crippen LogP contribution in [-0.2, 0) is 9.59 Å². The molecule has 0 aliphatic rings. The third-order valence-electron chi connectivity index (χ3n) is 2.67. The molecule has 2 atom stereocenters. The molecule has 4 nitrogen and oxygen atoms in total. The third kappa shape index (κ3) is 5.26. The van der Waals surface area contributed by atoms with Gasteiger partial charge in [0.15, 0.2) is 5.78 Å². The van der Waals surface area contributed by atoms with Crippen molar-refractivity contribution in [1.29, 1.82) is 0 Å². The minimum absolute atomic E-state index is 0.00208. The molecule has 0 aromatic carbocycles. The molecule has 0 saturated carbocycles. The monoisotopic (exact) mass is 228 g/mol. The van der Waals surface area contributed by atoms with Crippen LogP contribution in [0.1, 0.15) is 47.0 Å². The molecule has 2 unspecified atom stereocenters. The second-order valence-corrected chi connectivity index (χ2v) is 4.58. The van der Waals surface area contributed by atoms with Gasteiger partial charge in [-0.15, -0.1) is 0 Å². The van der Waals surface area contributed by atoms with Crippen molar-refractivity contribution in [3.8, 4) is 0 Å². The van der Waals surface area contributed by atoms with Crippen LogP contribution in [0, 0.1) is 5.92 Å². The maximum Gasteiger partial charge on any atom is 0.237 e. The fourth-order valence-electron chi connectivity index (χ4n) is 1.36. The lowest BCUT2D eigenvalue weighted by atomic mass is 10.0. The third-order valence-corrected chi connectivity index (χ3v) is 2.67. The standard InChI is InChI=1S/C12H24N2O2/c1-5-6-7-10(9(4)15)14-12(16)11(13)8(2)3/h8,10-11H,5-7,13H2,1-4H3,(H,14,16). The summed E-state index contributed by atoms with van der Waals surface area (Å²) in [6, 6.07) is -0.916. The Morgan fingerprint density at radius 2 is 1.88 bits per heavy atom. The molecule has 0 radical (unpaired) electrons. The zero-order valence-electron chi connectivity index (χ0n) is 10.7. The molecular formula is C12H24N2O2. The van der Waals surface area contributed by atoms with Crippen molar-refractivity contribution >= 4 is 11.7 Å². The molecule has 1 amide bonds. The molecule has 0 spiro atoms. The minimum Gasteiger partial charge on any atom is -0.345 e. The van der Waals surface area contributed by atoms with Gasteiger partial charge in [-0.25, -0.2) is 0 Å². The van der Waals surface area contributed by atoms with E-state index < -0.39 is 6.04 Å². The Hall–Kier alpha value is -0.900. The second kappa shape index (κ2) is 7.39. The van der Waals surface area contributed by atoms with Crippen LogP contribution >= 0.6 is 0 Å². The molecule has 0 fully saturated rings. The summed E-state index contributed by atoms with van der Waals surface area (Å²) >= 11 is 0. The molecule has 94 valence electrons. The van der Waals surface area contributed by atoms with Crippen molar-refractivity contribution in [3.05, 3.63) is 0 Å². The van der Waals surface area contributed by atoms with E-state index in [1.165, 1.54) is 6.92 Å². The second-order valence-electron chi connectivity index (χ2n) is 4.58. The van der Waals surface area contributed by atoms with Crippen LogP contribution in [0.3, 0.4) is 0 Å². The lowest BCUT2D eigenvalue weighted by molar-refractivity contribution is -0.128. The Balaban J connectivity index is 4.28. The fraction of sp³-hybridized carbons (Fsp3) is 0.833. The predicted octanol–water partition coefficient (Wildman–Crippen LogP) is 1.23. The average molecular weight is 228 g/mol. The van der Waals surface area contributed by atoms with E-state index in [1.54, 1.807) is 0 Å². The van der Waals surface area contributed by atoms with Crippen molar-refractivity contribution in [2.75, 3.05) is 0 Å². The molecular weight excluding hydrogens is 204 g/mol. The molecule has 0 rings (SSSR count). The first-order valence-electron chi connectivity index (χ1n) is 5.96. The number of Topliss-reactive ketones (excluding diaryl/α,β-unsaturated/α-hetero) is 1. The highest BCUT2D eigenvalue weighted by atomic mass is 16.2. The molecule has 0 aromatic rings. The zero-order chi connectivity index (χ0) is 12.7. The van der Waals surface area contributed by atoms with Gasteiger partial charge in [0.25, 0.3) is 0 Å².